The molecule has 1 heterocycles. The van der Waals surface area contributed by atoms with Crippen LogP contribution in [0.2, 0.25) is 0 Å². The number of ketones is 1. The summed E-state index contributed by atoms with van der Waals surface area (Å²) in [5.74, 6) is -0.175. The lowest BCUT2D eigenvalue weighted by molar-refractivity contribution is -0.118. The van der Waals surface area contributed by atoms with Gasteiger partial charge < -0.3 is 14.8 Å². The highest BCUT2D eigenvalue weighted by Gasteiger charge is 2.27. The van der Waals surface area contributed by atoms with Crippen LogP contribution >= 0.6 is 0 Å². The molecule has 1 aliphatic heterocycles. The van der Waals surface area contributed by atoms with Gasteiger partial charge in [0, 0.05) is 6.42 Å². The van der Waals surface area contributed by atoms with Crippen molar-refractivity contribution in [2.75, 3.05) is 13.2 Å². The van der Waals surface area contributed by atoms with Crippen molar-refractivity contribution in [2.24, 2.45) is 5.92 Å². The third kappa shape index (κ3) is 4.14. The van der Waals surface area contributed by atoms with Gasteiger partial charge in [0.25, 0.3) is 0 Å². The van der Waals surface area contributed by atoms with Crippen molar-refractivity contribution in [1.82, 2.24) is 5.32 Å². The van der Waals surface area contributed by atoms with Crippen molar-refractivity contribution in [1.29, 1.82) is 0 Å². The van der Waals surface area contributed by atoms with E-state index in [4.69, 9.17) is 9.47 Å². The lowest BCUT2D eigenvalue weighted by Crippen LogP contribution is -2.45. The van der Waals surface area contributed by atoms with E-state index in [1.165, 1.54) is 0 Å². The Morgan fingerprint density at radius 3 is 2.56 bits per heavy atom. The molecular formula is C13H21NO4. The van der Waals surface area contributed by atoms with Gasteiger partial charge in [-0.25, -0.2) is 4.79 Å². The molecule has 0 aliphatic carbocycles. The Balaban J connectivity index is 2.52. The van der Waals surface area contributed by atoms with Gasteiger partial charge in [-0.15, -0.1) is 0 Å². The average Bonchev–Trinajstić information content (AvgIpc) is 2.77. The molecule has 18 heavy (non-hydrogen) atoms. The highest BCUT2D eigenvalue weighted by molar-refractivity contribution is 6.00. The minimum absolute atomic E-state index is 0.0124. The molecule has 0 aromatic carbocycles. The molecule has 0 aromatic rings. The van der Waals surface area contributed by atoms with E-state index < -0.39 is 12.1 Å². The van der Waals surface area contributed by atoms with Crippen molar-refractivity contribution in [3.63, 3.8) is 0 Å². The molecule has 2 atom stereocenters. The first-order chi connectivity index (χ1) is 8.41. The van der Waals surface area contributed by atoms with E-state index in [0.29, 0.717) is 25.2 Å². The number of amides is 1. The number of ether oxygens (including phenoxy) is 2. The molecule has 0 radical (unpaired) electrons. The molecule has 1 rings (SSSR count). The maximum absolute atomic E-state index is 11.9. The number of hydrogen-bond acceptors (Lipinski definition) is 4. The molecule has 1 amide bonds. The predicted molar refractivity (Wildman–Crippen MR) is 67.3 cm³/mol. The van der Waals surface area contributed by atoms with Crippen LogP contribution in [0.4, 0.5) is 4.79 Å². The zero-order valence-corrected chi connectivity index (χ0v) is 11.2. The molecule has 0 aromatic heterocycles. The first-order valence-electron chi connectivity index (χ1n) is 6.16. The van der Waals surface area contributed by atoms with Crippen LogP contribution in [-0.2, 0) is 14.3 Å². The predicted octanol–water partition coefficient (Wildman–Crippen LogP) is 1.67. The summed E-state index contributed by atoms with van der Waals surface area (Å²) in [6.07, 6.45) is -0.0784. The van der Waals surface area contributed by atoms with Crippen LogP contribution in [0.25, 0.3) is 0 Å². The number of carbonyl (C=O) groups excluding carboxylic acids is 2. The Labute approximate surface area is 108 Å². The topological polar surface area (TPSA) is 64.6 Å². The van der Waals surface area contributed by atoms with Crippen LogP contribution in [0, 0.1) is 5.92 Å². The van der Waals surface area contributed by atoms with Crippen molar-refractivity contribution in [3.05, 3.63) is 12.2 Å². The second-order valence-corrected chi connectivity index (χ2v) is 4.90. The summed E-state index contributed by atoms with van der Waals surface area (Å²) < 4.78 is 10.3. The van der Waals surface area contributed by atoms with Gasteiger partial charge in [0.1, 0.15) is 6.10 Å². The monoisotopic (exact) mass is 255 g/mol. The summed E-state index contributed by atoms with van der Waals surface area (Å²) in [5, 5.41) is 2.60. The van der Waals surface area contributed by atoms with E-state index in [1.807, 2.05) is 13.8 Å². The van der Waals surface area contributed by atoms with Gasteiger partial charge in [-0.05, 0) is 18.4 Å². The van der Waals surface area contributed by atoms with E-state index in [1.54, 1.807) is 6.92 Å². The van der Waals surface area contributed by atoms with Crippen LogP contribution in [0.1, 0.15) is 27.2 Å². The van der Waals surface area contributed by atoms with Gasteiger partial charge in [-0.2, -0.15) is 0 Å². The number of nitrogens with one attached hydrogen (secondary N) is 1. The Morgan fingerprint density at radius 2 is 2.11 bits per heavy atom. The summed E-state index contributed by atoms with van der Waals surface area (Å²) in [6.45, 7) is 10.0. The van der Waals surface area contributed by atoms with Gasteiger partial charge >= 0.3 is 6.09 Å². The number of alkyl carbamates (subject to hydrolysis) is 1. The Kier molecular flexibility index (Phi) is 5.34. The second-order valence-electron chi connectivity index (χ2n) is 4.90. The Morgan fingerprint density at radius 1 is 1.44 bits per heavy atom. The van der Waals surface area contributed by atoms with Gasteiger partial charge in [-0.3, -0.25) is 4.79 Å². The van der Waals surface area contributed by atoms with E-state index in [-0.39, 0.29) is 17.8 Å². The fraction of sp³-hybridized carbons (Fsp3) is 0.692. The van der Waals surface area contributed by atoms with Crippen LogP contribution in [0.5, 0.6) is 0 Å². The Hall–Kier alpha value is -1.36. The van der Waals surface area contributed by atoms with E-state index in [9.17, 15) is 9.59 Å². The maximum Gasteiger partial charge on any atom is 0.408 e. The van der Waals surface area contributed by atoms with Crippen LogP contribution in [0.3, 0.4) is 0 Å². The minimum atomic E-state index is -0.586. The van der Waals surface area contributed by atoms with Gasteiger partial charge in [0.15, 0.2) is 5.78 Å². The minimum Gasteiger partial charge on any atom is -0.444 e. The molecule has 0 unspecified atom stereocenters. The van der Waals surface area contributed by atoms with Crippen LogP contribution in [0.15, 0.2) is 12.2 Å². The SMILES string of the molecule is C=C(C)C(=O)[C@@H](NC(=O)O[C@@H]1CCOC1)C(C)C. The zero-order chi connectivity index (χ0) is 13.7. The summed E-state index contributed by atoms with van der Waals surface area (Å²) in [5.41, 5.74) is 0.429. The molecule has 1 aliphatic rings. The van der Waals surface area contributed by atoms with Gasteiger partial charge in [-0.1, -0.05) is 20.4 Å². The quantitative estimate of drug-likeness (QED) is 0.759. The summed E-state index contributed by atoms with van der Waals surface area (Å²) in [6, 6.07) is -0.586. The average molecular weight is 255 g/mol. The Bertz CT molecular complexity index is 332. The number of rotatable bonds is 5. The molecular weight excluding hydrogens is 234 g/mol. The normalized spacial score (nSPS) is 20.6. The fourth-order valence-electron chi connectivity index (χ4n) is 1.72. The molecule has 5 heteroatoms. The molecule has 0 bridgehead atoms. The lowest BCUT2D eigenvalue weighted by atomic mass is 9.96. The highest BCUT2D eigenvalue weighted by Crippen LogP contribution is 2.11. The van der Waals surface area contributed by atoms with E-state index >= 15 is 0 Å². The molecule has 1 saturated heterocycles. The molecule has 5 nitrogen and oxygen atoms in total. The first kappa shape index (κ1) is 14.7. The van der Waals surface area contributed by atoms with E-state index in [2.05, 4.69) is 11.9 Å². The van der Waals surface area contributed by atoms with E-state index in [0.717, 1.165) is 0 Å². The van der Waals surface area contributed by atoms with Crippen molar-refractivity contribution < 1.29 is 19.1 Å². The van der Waals surface area contributed by atoms with Crippen molar-refractivity contribution in [3.8, 4) is 0 Å². The third-order valence-electron chi connectivity index (χ3n) is 2.80. The largest absolute Gasteiger partial charge is 0.444 e. The smallest absolute Gasteiger partial charge is 0.408 e. The summed E-state index contributed by atoms with van der Waals surface area (Å²) in [4.78, 5) is 23.5. The molecule has 102 valence electrons. The van der Waals surface area contributed by atoms with Gasteiger partial charge in [0.2, 0.25) is 0 Å². The van der Waals surface area contributed by atoms with Crippen molar-refractivity contribution in [2.45, 2.75) is 39.3 Å². The molecule has 1 fully saturated rings. The molecule has 1 N–H and O–H groups in total. The third-order valence-corrected chi connectivity index (χ3v) is 2.80. The molecule has 0 saturated carbocycles. The highest BCUT2D eigenvalue weighted by atomic mass is 16.6. The molecule has 0 spiro atoms. The van der Waals surface area contributed by atoms with Crippen LogP contribution < -0.4 is 5.32 Å². The summed E-state index contributed by atoms with van der Waals surface area (Å²) >= 11 is 0. The fourth-order valence-corrected chi connectivity index (χ4v) is 1.72. The second kappa shape index (κ2) is 6.54. The lowest BCUT2D eigenvalue weighted by Gasteiger charge is -2.21. The standard InChI is InChI=1S/C13H21NO4/c1-8(2)11(12(15)9(3)4)14-13(16)18-10-5-6-17-7-10/h8,10-11H,3,5-7H2,1-2,4H3,(H,14,16)/t10-,11+/m1/s1. The number of carbonyl (C=O) groups is 2. The zero-order valence-electron chi connectivity index (χ0n) is 11.2. The number of Topliss-reactive ketones (excluding diaryl/α,β-unsaturated/α-hetero) is 1. The van der Waals surface area contributed by atoms with Crippen molar-refractivity contribution >= 4 is 11.9 Å². The maximum atomic E-state index is 11.9. The summed E-state index contributed by atoms with van der Waals surface area (Å²) in [7, 11) is 0. The van der Waals surface area contributed by atoms with Gasteiger partial charge in [0.05, 0.1) is 19.3 Å². The first-order valence-corrected chi connectivity index (χ1v) is 6.16. The number of hydrogen-bond donors (Lipinski definition) is 1. The van der Waals surface area contributed by atoms with Crippen LogP contribution in [-0.4, -0.2) is 37.2 Å².